The molecule has 1 amide bonds. The van der Waals surface area contributed by atoms with Crippen molar-refractivity contribution in [1.29, 1.82) is 0 Å². The average molecular weight is 537 g/mol. The normalized spacial score (nSPS) is 17.8. The zero-order valence-electron chi connectivity index (χ0n) is 21.2. The van der Waals surface area contributed by atoms with Crippen LogP contribution in [0.5, 0.6) is 0 Å². The van der Waals surface area contributed by atoms with Crippen molar-refractivity contribution in [3.8, 4) is 11.1 Å². The van der Waals surface area contributed by atoms with E-state index in [2.05, 4.69) is 11.0 Å². The Labute approximate surface area is 224 Å². The number of nitrogens with zero attached hydrogens (tertiary/aromatic N) is 2. The number of fused-ring (bicyclic) bond motifs is 1. The summed E-state index contributed by atoms with van der Waals surface area (Å²) < 4.78 is 48.4. The fourth-order valence-corrected chi connectivity index (χ4v) is 5.84. The summed E-state index contributed by atoms with van der Waals surface area (Å²) in [5.74, 6) is -3.77. The van der Waals surface area contributed by atoms with Crippen molar-refractivity contribution in [1.82, 2.24) is 4.90 Å². The molecular formula is C30H27F3N2O4. The van der Waals surface area contributed by atoms with E-state index in [-0.39, 0.29) is 17.8 Å². The van der Waals surface area contributed by atoms with Crippen LogP contribution in [0.1, 0.15) is 36.0 Å². The van der Waals surface area contributed by atoms with Crippen molar-refractivity contribution in [3.05, 3.63) is 88.7 Å². The molecule has 0 bridgehead atoms. The van der Waals surface area contributed by atoms with Crippen LogP contribution in [-0.2, 0) is 33.7 Å². The molecule has 0 unspecified atom stereocenters. The van der Waals surface area contributed by atoms with Crippen molar-refractivity contribution in [2.75, 3.05) is 24.5 Å². The third kappa shape index (κ3) is 5.33. The van der Waals surface area contributed by atoms with Gasteiger partial charge in [-0.1, -0.05) is 30.3 Å². The molecule has 0 radical (unpaired) electrons. The first-order valence-corrected chi connectivity index (χ1v) is 12.9. The van der Waals surface area contributed by atoms with Gasteiger partial charge in [0.05, 0.1) is 6.54 Å². The van der Waals surface area contributed by atoms with Crippen LogP contribution in [-0.4, -0.2) is 42.4 Å². The van der Waals surface area contributed by atoms with Crippen LogP contribution in [0.3, 0.4) is 0 Å². The minimum absolute atomic E-state index is 0.0929. The largest absolute Gasteiger partial charge is 0.441 e. The van der Waals surface area contributed by atoms with Gasteiger partial charge in [-0.3, -0.25) is 9.80 Å². The number of para-hydroxylation sites is 1. The third-order valence-corrected chi connectivity index (χ3v) is 7.84. The molecule has 1 spiro atoms. The summed E-state index contributed by atoms with van der Waals surface area (Å²) in [6.45, 7) is 2.51. The van der Waals surface area contributed by atoms with E-state index in [4.69, 9.17) is 14.3 Å². The number of hydrogen-bond acceptors (Lipinski definition) is 5. The Kier molecular flexibility index (Phi) is 7.55. The summed E-state index contributed by atoms with van der Waals surface area (Å²) >= 11 is 0. The van der Waals surface area contributed by atoms with Crippen LogP contribution in [0.25, 0.3) is 11.1 Å². The molecule has 0 saturated carbocycles. The number of hydrogen-bond donors (Lipinski definition) is 0. The number of anilines is 1. The molecule has 0 atom stereocenters. The second-order valence-electron chi connectivity index (χ2n) is 10.2. The second kappa shape index (κ2) is 11.0. The van der Waals surface area contributed by atoms with E-state index < -0.39 is 23.1 Å². The van der Waals surface area contributed by atoms with E-state index >= 15 is 0 Å². The summed E-state index contributed by atoms with van der Waals surface area (Å²) in [4.78, 5) is 32.8. The molecule has 202 valence electrons. The first-order chi connectivity index (χ1) is 18.8. The lowest BCUT2D eigenvalue weighted by Crippen LogP contribution is -2.46. The van der Waals surface area contributed by atoms with Crippen LogP contribution in [0.15, 0.2) is 54.6 Å². The number of piperidine rings is 1. The fourth-order valence-electron chi connectivity index (χ4n) is 5.84. The van der Waals surface area contributed by atoms with E-state index in [9.17, 15) is 18.0 Å². The SMILES string of the molecule is O=C1OC2(CCN(Cc3cc4c(cc3-c3ccc(F)c(F)c3F)CCC4)CC2)CN1c1ccccc1.O=C=O. The van der Waals surface area contributed by atoms with Gasteiger partial charge in [0, 0.05) is 43.7 Å². The lowest BCUT2D eigenvalue weighted by atomic mass is 9.89. The minimum atomic E-state index is -1.44. The Bertz CT molecular complexity index is 1420. The zero-order chi connectivity index (χ0) is 27.6. The fraction of sp³-hybridized carbons (Fsp3) is 0.333. The Morgan fingerprint density at radius 3 is 2.23 bits per heavy atom. The quantitative estimate of drug-likeness (QED) is 0.402. The molecule has 6 nitrogen and oxygen atoms in total. The second-order valence-corrected chi connectivity index (χ2v) is 10.2. The molecular weight excluding hydrogens is 509 g/mol. The molecule has 0 N–H and O–H groups in total. The number of benzene rings is 3. The van der Waals surface area contributed by atoms with Crippen molar-refractivity contribution in [3.63, 3.8) is 0 Å². The standard InChI is InChI=1S/C29H27F3N2O2.CO2/c30-25-10-9-23(26(31)27(25)32)24-16-20-6-4-5-19(20)15-21(24)17-33-13-11-29(12-14-33)18-34(28(35)36-29)22-7-2-1-3-8-22;2-1-3/h1-3,7-10,15-16H,4-6,11-14,17-18H2;. The number of rotatable bonds is 4. The van der Waals surface area contributed by atoms with E-state index in [1.165, 1.54) is 11.6 Å². The first kappa shape index (κ1) is 26.7. The number of amides is 1. The van der Waals surface area contributed by atoms with E-state index in [1.807, 2.05) is 36.4 Å². The average Bonchev–Trinajstić information content (AvgIpc) is 3.53. The van der Waals surface area contributed by atoms with Gasteiger partial charge in [-0.25, -0.2) is 18.0 Å². The van der Waals surface area contributed by atoms with Gasteiger partial charge < -0.3 is 4.74 Å². The summed E-state index contributed by atoms with van der Waals surface area (Å²) in [6, 6.07) is 15.9. The topological polar surface area (TPSA) is 66.9 Å². The highest BCUT2D eigenvalue weighted by Crippen LogP contribution is 2.38. The highest BCUT2D eigenvalue weighted by Gasteiger charge is 2.47. The number of ether oxygens (including phenoxy) is 1. The van der Waals surface area contributed by atoms with E-state index in [1.54, 1.807) is 4.90 Å². The van der Waals surface area contributed by atoms with Crippen molar-refractivity contribution >= 4 is 17.9 Å². The van der Waals surface area contributed by atoms with Gasteiger partial charge in [-0.05, 0) is 65.8 Å². The molecule has 39 heavy (non-hydrogen) atoms. The van der Waals surface area contributed by atoms with Gasteiger partial charge in [0.15, 0.2) is 17.5 Å². The number of carbonyl (C=O) groups is 1. The van der Waals surface area contributed by atoms with E-state index in [0.29, 0.717) is 44.6 Å². The minimum Gasteiger partial charge on any atom is -0.441 e. The molecule has 2 saturated heterocycles. The number of likely N-dealkylation sites (tertiary alicyclic amines) is 1. The lowest BCUT2D eigenvalue weighted by molar-refractivity contribution is -0.191. The molecule has 2 fully saturated rings. The van der Waals surface area contributed by atoms with Crippen molar-refractivity contribution in [2.24, 2.45) is 0 Å². The molecule has 3 aliphatic rings. The Morgan fingerprint density at radius 1 is 0.872 bits per heavy atom. The molecule has 2 aliphatic heterocycles. The highest BCUT2D eigenvalue weighted by atomic mass is 19.2. The van der Waals surface area contributed by atoms with Crippen LogP contribution >= 0.6 is 0 Å². The smallest absolute Gasteiger partial charge is 0.415 e. The summed E-state index contributed by atoms with van der Waals surface area (Å²) in [7, 11) is 0. The van der Waals surface area contributed by atoms with Crippen LogP contribution < -0.4 is 4.90 Å². The molecule has 2 heterocycles. The van der Waals surface area contributed by atoms with Gasteiger partial charge in [-0.2, -0.15) is 9.59 Å². The third-order valence-electron chi connectivity index (χ3n) is 7.84. The highest BCUT2D eigenvalue weighted by molar-refractivity contribution is 5.90. The Balaban J connectivity index is 0.000000983. The zero-order valence-corrected chi connectivity index (χ0v) is 21.2. The van der Waals surface area contributed by atoms with Gasteiger partial charge in [0.1, 0.15) is 5.60 Å². The first-order valence-electron chi connectivity index (χ1n) is 12.9. The number of aryl methyl sites for hydroxylation is 2. The molecule has 0 aromatic heterocycles. The van der Waals surface area contributed by atoms with Crippen LogP contribution in [0.4, 0.5) is 23.7 Å². The predicted octanol–water partition coefficient (Wildman–Crippen LogP) is 5.67. The van der Waals surface area contributed by atoms with Gasteiger partial charge >= 0.3 is 12.2 Å². The molecule has 9 heteroatoms. The molecule has 1 aliphatic carbocycles. The van der Waals surface area contributed by atoms with Gasteiger partial charge in [-0.15, -0.1) is 0 Å². The van der Waals surface area contributed by atoms with Gasteiger partial charge in [0.2, 0.25) is 0 Å². The number of carbonyl (C=O) groups excluding carboxylic acids is 3. The Morgan fingerprint density at radius 2 is 1.54 bits per heavy atom. The van der Waals surface area contributed by atoms with Crippen LogP contribution in [0, 0.1) is 17.5 Å². The van der Waals surface area contributed by atoms with Gasteiger partial charge in [0.25, 0.3) is 0 Å². The maximum Gasteiger partial charge on any atom is 0.415 e. The molecule has 3 aromatic carbocycles. The summed E-state index contributed by atoms with van der Waals surface area (Å²) in [5, 5.41) is 0. The monoisotopic (exact) mass is 536 g/mol. The lowest BCUT2D eigenvalue weighted by Gasteiger charge is -2.37. The van der Waals surface area contributed by atoms with Crippen LogP contribution in [0.2, 0.25) is 0 Å². The Hall–Kier alpha value is -3.94. The van der Waals surface area contributed by atoms with Crippen molar-refractivity contribution in [2.45, 2.75) is 44.2 Å². The summed E-state index contributed by atoms with van der Waals surface area (Å²) in [5.41, 5.74) is 4.33. The van der Waals surface area contributed by atoms with E-state index in [0.717, 1.165) is 42.1 Å². The summed E-state index contributed by atoms with van der Waals surface area (Å²) in [6.07, 6.45) is 4.24. The molecule has 6 rings (SSSR count). The van der Waals surface area contributed by atoms with Crippen molar-refractivity contribution < 1.29 is 32.3 Å². The predicted molar refractivity (Wildman–Crippen MR) is 136 cm³/mol. The number of halogens is 3. The maximum atomic E-state index is 14.8. The maximum absolute atomic E-state index is 14.8. The molecule has 3 aromatic rings.